The van der Waals surface area contributed by atoms with Gasteiger partial charge in [-0.1, -0.05) is 11.6 Å². The number of nitrogens with one attached hydrogen (secondary N) is 1. The van der Waals surface area contributed by atoms with E-state index < -0.39 is 0 Å². The van der Waals surface area contributed by atoms with Crippen molar-refractivity contribution in [1.29, 1.82) is 0 Å². The molecule has 4 heteroatoms. The first kappa shape index (κ1) is 7.83. The Morgan fingerprint density at radius 2 is 2.31 bits per heavy atom. The summed E-state index contributed by atoms with van der Waals surface area (Å²) in [6.07, 6.45) is 2.53. The van der Waals surface area contributed by atoms with E-state index in [1.165, 1.54) is 18.5 Å². The molecule has 1 aromatic rings. The number of aromatic nitrogens is 2. The van der Waals surface area contributed by atoms with Crippen molar-refractivity contribution < 1.29 is 0 Å². The van der Waals surface area contributed by atoms with Crippen molar-refractivity contribution in [2.24, 2.45) is 0 Å². The molecule has 0 atom stereocenters. The van der Waals surface area contributed by atoms with Gasteiger partial charge in [-0.15, -0.1) is 0 Å². The van der Waals surface area contributed by atoms with E-state index in [0.717, 1.165) is 30.4 Å². The number of hydrogen-bond acceptors (Lipinski definition) is 2. The summed E-state index contributed by atoms with van der Waals surface area (Å²) in [7, 11) is 0. The van der Waals surface area contributed by atoms with Crippen molar-refractivity contribution in [1.82, 2.24) is 15.1 Å². The topological polar surface area (TPSA) is 29.9 Å². The van der Waals surface area contributed by atoms with Crippen molar-refractivity contribution >= 4 is 11.6 Å². The first-order valence-electron chi connectivity index (χ1n) is 4.82. The summed E-state index contributed by atoms with van der Waals surface area (Å²) in [5.74, 6) is 0.658. The van der Waals surface area contributed by atoms with Crippen LogP contribution in [0.1, 0.15) is 30.1 Å². The molecular formula is C9H12ClN3. The molecule has 70 valence electrons. The number of rotatable bonds is 1. The molecule has 0 aromatic carbocycles. The van der Waals surface area contributed by atoms with Gasteiger partial charge in [0.2, 0.25) is 0 Å². The second-order valence-corrected chi connectivity index (χ2v) is 4.20. The average Bonchev–Trinajstić information content (AvgIpc) is 2.94. The van der Waals surface area contributed by atoms with Crippen LogP contribution >= 0.6 is 11.6 Å². The first-order chi connectivity index (χ1) is 6.36. The van der Waals surface area contributed by atoms with Crippen molar-refractivity contribution in [2.75, 3.05) is 6.54 Å². The molecule has 0 saturated heterocycles. The van der Waals surface area contributed by atoms with Crippen LogP contribution in [0.5, 0.6) is 0 Å². The zero-order chi connectivity index (χ0) is 8.84. The van der Waals surface area contributed by atoms with Gasteiger partial charge in [0, 0.05) is 19.0 Å². The molecule has 13 heavy (non-hydrogen) atoms. The molecule has 2 heterocycles. The van der Waals surface area contributed by atoms with E-state index in [1.807, 2.05) is 0 Å². The van der Waals surface area contributed by atoms with E-state index in [9.17, 15) is 0 Å². The SMILES string of the molecule is Clc1c(C2CC2)nn2c1CNCC2. The van der Waals surface area contributed by atoms with Gasteiger partial charge < -0.3 is 5.32 Å². The summed E-state index contributed by atoms with van der Waals surface area (Å²) in [5.41, 5.74) is 2.31. The Morgan fingerprint density at radius 3 is 3.00 bits per heavy atom. The molecule has 1 aliphatic carbocycles. The number of nitrogens with zero attached hydrogens (tertiary/aromatic N) is 2. The Balaban J connectivity index is 2.06. The maximum Gasteiger partial charge on any atom is 0.0866 e. The Morgan fingerprint density at radius 1 is 1.46 bits per heavy atom. The lowest BCUT2D eigenvalue weighted by Gasteiger charge is -2.14. The van der Waals surface area contributed by atoms with Gasteiger partial charge in [0.15, 0.2) is 0 Å². The summed E-state index contributed by atoms with van der Waals surface area (Å²) < 4.78 is 2.06. The van der Waals surface area contributed by atoms with Crippen LogP contribution in [-0.4, -0.2) is 16.3 Å². The van der Waals surface area contributed by atoms with Crippen LogP contribution in [0.25, 0.3) is 0 Å². The number of fused-ring (bicyclic) bond motifs is 1. The fourth-order valence-corrected chi connectivity index (χ4v) is 2.22. The molecule has 1 fully saturated rings. The number of hydrogen-bond donors (Lipinski definition) is 1. The van der Waals surface area contributed by atoms with Gasteiger partial charge >= 0.3 is 0 Å². The second kappa shape index (κ2) is 2.72. The fraction of sp³-hybridized carbons (Fsp3) is 0.667. The summed E-state index contributed by atoms with van der Waals surface area (Å²) in [6.45, 7) is 2.84. The maximum atomic E-state index is 6.25. The Labute approximate surface area is 82.1 Å². The van der Waals surface area contributed by atoms with Gasteiger partial charge in [-0.05, 0) is 12.8 Å². The van der Waals surface area contributed by atoms with Crippen molar-refractivity contribution in [3.63, 3.8) is 0 Å². The molecule has 1 aliphatic heterocycles. The number of halogens is 1. The van der Waals surface area contributed by atoms with Crippen LogP contribution in [0, 0.1) is 0 Å². The monoisotopic (exact) mass is 197 g/mol. The van der Waals surface area contributed by atoms with Gasteiger partial charge in [0.05, 0.1) is 23.0 Å². The van der Waals surface area contributed by atoms with Crippen LogP contribution in [-0.2, 0) is 13.1 Å². The van der Waals surface area contributed by atoms with Crippen LogP contribution in [0.15, 0.2) is 0 Å². The quantitative estimate of drug-likeness (QED) is 0.740. The van der Waals surface area contributed by atoms with E-state index in [4.69, 9.17) is 11.6 Å². The molecule has 1 N–H and O–H groups in total. The molecule has 0 unspecified atom stereocenters. The zero-order valence-electron chi connectivity index (χ0n) is 7.39. The minimum atomic E-state index is 0.658. The van der Waals surface area contributed by atoms with Gasteiger partial charge in [-0.2, -0.15) is 5.10 Å². The highest BCUT2D eigenvalue weighted by atomic mass is 35.5. The van der Waals surface area contributed by atoms with Crippen molar-refractivity contribution in [3.8, 4) is 0 Å². The normalized spacial score (nSPS) is 21.6. The summed E-state index contributed by atoms with van der Waals surface area (Å²) in [4.78, 5) is 0. The highest BCUT2D eigenvalue weighted by Crippen LogP contribution is 2.43. The lowest BCUT2D eigenvalue weighted by atomic mass is 10.2. The molecule has 0 bridgehead atoms. The maximum absolute atomic E-state index is 6.25. The van der Waals surface area contributed by atoms with E-state index in [1.54, 1.807) is 0 Å². The van der Waals surface area contributed by atoms with E-state index in [0.29, 0.717) is 5.92 Å². The highest BCUT2D eigenvalue weighted by molar-refractivity contribution is 6.32. The first-order valence-corrected chi connectivity index (χ1v) is 5.20. The van der Waals surface area contributed by atoms with Gasteiger partial charge in [0.1, 0.15) is 0 Å². The fourth-order valence-electron chi connectivity index (χ4n) is 1.86. The van der Waals surface area contributed by atoms with Gasteiger partial charge in [0.25, 0.3) is 0 Å². The molecule has 0 amide bonds. The van der Waals surface area contributed by atoms with Gasteiger partial charge in [-0.25, -0.2) is 0 Å². The molecule has 3 nitrogen and oxygen atoms in total. The Kier molecular flexibility index (Phi) is 1.64. The molecular weight excluding hydrogens is 186 g/mol. The standard InChI is InChI=1S/C9H12ClN3/c10-8-7-5-11-3-4-13(7)12-9(8)6-1-2-6/h6,11H,1-5H2. The minimum Gasteiger partial charge on any atom is -0.309 e. The second-order valence-electron chi connectivity index (χ2n) is 3.82. The molecule has 1 saturated carbocycles. The Hall–Kier alpha value is -0.540. The molecule has 0 spiro atoms. The Bertz CT molecular complexity index is 341. The van der Waals surface area contributed by atoms with E-state index >= 15 is 0 Å². The largest absolute Gasteiger partial charge is 0.309 e. The molecule has 1 aromatic heterocycles. The third kappa shape index (κ3) is 1.18. The zero-order valence-corrected chi connectivity index (χ0v) is 8.14. The van der Waals surface area contributed by atoms with E-state index in [-0.39, 0.29) is 0 Å². The lowest BCUT2D eigenvalue weighted by Crippen LogP contribution is -2.28. The van der Waals surface area contributed by atoms with Crippen LogP contribution in [0.4, 0.5) is 0 Å². The minimum absolute atomic E-state index is 0.658. The molecule has 2 aliphatic rings. The third-order valence-electron chi connectivity index (χ3n) is 2.78. The molecule has 0 radical (unpaired) electrons. The third-order valence-corrected chi connectivity index (χ3v) is 3.19. The predicted molar refractivity (Wildman–Crippen MR) is 50.9 cm³/mol. The average molecular weight is 198 g/mol. The van der Waals surface area contributed by atoms with Crippen molar-refractivity contribution in [3.05, 3.63) is 16.4 Å². The lowest BCUT2D eigenvalue weighted by molar-refractivity contribution is 0.473. The summed E-state index contributed by atoms with van der Waals surface area (Å²) in [6, 6.07) is 0. The predicted octanol–water partition coefficient (Wildman–Crippen LogP) is 1.52. The van der Waals surface area contributed by atoms with Crippen molar-refractivity contribution in [2.45, 2.75) is 31.8 Å². The van der Waals surface area contributed by atoms with E-state index in [2.05, 4.69) is 15.1 Å². The van der Waals surface area contributed by atoms with Gasteiger partial charge in [-0.3, -0.25) is 4.68 Å². The summed E-state index contributed by atoms with van der Waals surface area (Å²) >= 11 is 6.25. The van der Waals surface area contributed by atoms with Crippen LogP contribution in [0.2, 0.25) is 5.02 Å². The molecule has 3 rings (SSSR count). The van der Waals surface area contributed by atoms with Crippen LogP contribution < -0.4 is 5.32 Å². The smallest absolute Gasteiger partial charge is 0.0866 e. The highest BCUT2D eigenvalue weighted by Gasteiger charge is 2.31. The van der Waals surface area contributed by atoms with Crippen LogP contribution in [0.3, 0.4) is 0 Å². The summed E-state index contributed by atoms with van der Waals surface area (Å²) in [5, 5.41) is 8.78.